The molecule has 0 fully saturated rings. The number of halogens is 2. The van der Waals surface area contributed by atoms with Gasteiger partial charge in [0.05, 0.1) is 5.69 Å². The standard InChI is InChI=1S/C24H28Cl2N2O.C4H4O4/c1-15(2)13-21-22(14-16(3)4)28-23(27-21)24(29,17-5-9-19(25)10-6-17)18-7-11-20(26)12-8-18;5-3(6)1-2-4(7)8/h5-12,15-16,29H,13-14H2,1-4H3,(H,27,28);1-2H,(H,5,6)(H,7,8)/b;2-1-. The summed E-state index contributed by atoms with van der Waals surface area (Å²) in [5, 5.41) is 28.9. The number of carboxylic acids is 2. The van der Waals surface area contributed by atoms with Crippen molar-refractivity contribution in [2.75, 3.05) is 0 Å². The molecule has 0 aliphatic heterocycles. The Kier molecular flexibility index (Phi) is 10.9. The number of carbonyl (C=O) groups is 2. The molecule has 37 heavy (non-hydrogen) atoms. The molecule has 0 atom stereocenters. The van der Waals surface area contributed by atoms with Crippen LogP contribution in [0, 0.1) is 11.8 Å². The van der Waals surface area contributed by atoms with Gasteiger partial charge in [0.1, 0.15) is 5.82 Å². The van der Waals surface area contributed by atoms with Crippen LogP contribution in [0.25, 0.3) is 0 Å². The summed E-state index contributed by atoms with van der Waals surface area (Å²) in [6, 6.07) is 14.5. The van der Waals surface area contributed by atoms with E-state index in [1.165, 1.54) is 0 Å². The minimum atomic E-state index is -1.43. The van der Waals surface area contributed by atoms with E-state index in [-0.39, 0.29) is 0 Å². The van der Waals surface area contributed by atoms with Gasteiger partial charge in [-0.25, -0.2) is 14.6 Å². The first kappa shape index (κ1) is 30.1. The second kappa shape index (κ2) is 13.4. The normalized spacial score (nSPS) is 11.6. The minimum Gasteiger partial charge on any atom is -0.478 e. The number of H-pyrrole nitrogens is 1. The van der Waals surface area contributed by atoms with Gasteiger partial charge in [-0.1, -0.05) is 75.2 Å². The number of nitrogens with one attached hydrogen (secondary N) is 1. The van der Waals surface area contributed by atoms with Gasteiger partial charge in [0.2, 0.25) is 0 Å². The van der Waals surface area contributed by atoms with E-state index in [9.17, 15) is 14.7 Å². The zero-order chi connectivity index (χ0) is 27.8. The number of aromatic amines is 1. The van der Waals surface area contributed by atoms with E-state index in [1.54, 1.807) is 24.3 Å². The fourth-order valence-corrected chi connectivity index (χ4v) is 3.97. The molecule has 0 unspecified atom stereocenters. The van der Waals surface area contributed by atoms with Gasteiger partial charge in [-0.2, -0.15) is 0 Å². The van der Waals surface area contributed by atoms with Crippen molar-refractivity contribution in [3.8, 4) is 0 Å². The number of aromatic nitrogens is 2. The van der Waals surface area contributed by atoms with E-state index in [1.807, 2.05) is 24.3 Å². The quantitative estimate of drug-likeness (QED) is 0.240. The molecule has 0 spiro atoms. The van der Waals surface area contributed by atoms with E-state index in [0.29, 0.717) is 51.0 Å². The van der Waals surface area contributed by atoms with Gasteiger partial charge >= 0.3 is 11.9 Å². The average molecular weight is 547 g/mol. The molecule has 1 aromatic heterocycles. The van der Waals surface area contributed by atoms with Crippen LogP contribution in [-0.4, -0.2) is 37.2 Å². The molecule has 0 bridgehead atoms. The Bertz CT molecular complexity index is 1130. The van der Waals surface area contributed by atoms with E-state index in [0.717, 1.165) is 24.2 Å². The van der Waals surface area contributed by atoms with Gasteiger partial charge in [0, 0.05) is 27.9 Å². The monoisotopic (exact) mass is 546 g/mol. The molecule has 3 aromatic rings. The molecule has 1 heterocycles. The summed E-state index contributed by atoms with van der Waals surface area (Å²) in [5.41, 5.74) is 2.07. The largest absolute Gasteiger partial charge is 0.478 e. The Labute approximate surface area is 226 Å². The van der Waals surface area contributed by atoms with E-state index < -0.39 is 17.5 Å². The average Bonchev–Trinajstić information content (AvgIpc) is 3.20. The molecule has 0 aliphatic rings. The smallest absolute Gasteiger partial charge is 0.328 e. The fourth-order valence-electron chi connectivity index (χ4n) is 3.71. The number of hydrogen-bond donors (Lipinski definition) is 4. The molecule has 9 heteroatoms. The Balaban J connectivity index is 0.000000521. The summed E-state index contributed by atoms with van der Waals surface area (Å²) in [5.74, 6) is -1.04. The van der Waals surface area contributed by atoms with Crippen molar-refractivity contribution in [2.45, 2.75) is 46.1 Å². The first-order valence-corrected chi connectivity index (χ1v) is 12.5. The van der Waals surface area contributed by atoms with Crippen LogP contribution in [0.4, 0.5) is 0 Å². The van der Waals surface area contributed by atoms with Gasteiger partial charge < -0.3 is 20.3 Å². The van der Waals surface area contributed by atoms with Gasteiger partial charge in [-0.3, -0.25) is 0 Å². The van der Waals surface area contributed by atoms with Crippen LogP contribution in [0.3, 0.4) is 0 Å². The highest BCUT2D eigenvalue weighted by Gasteiger charge is 2.38. The minimum absolute atomic E-state index is 0.469. The molecule has 0 saturated heterocycles. The summed E-state index contributed by atoms with van der Waals surface area (Å²) < 4.78 is 0. The molecule has 7 nitrogen and oxygen atoms in total. The molecule has 0 amide bonds. The van der Waals surface area contributed by atoms with E-state index in [2.05, 4.69) is 32.7 Å². The number of nitrogens with zero attached hydrogens (tertiary/aromatic N) is 1. The lowest BCUT2D eigenvalue weighted by Gasteiger charge is -2.27. The first-order chi connectivity index (χ1) is 17.3. The zero-order valence-electron chi connectivity index (χ0n) is 21.2. The molecular formula is C28H32Cl2N2O5. The summed E-state index contributed by atoms with van der Waals surface area (Å²) in [6.45, 7) is 8.73. The van der Waals surface area contributed by atoms with Gasteiger partial charge in [-0.05, 0) is 60.1 Å². The summed E-state index contributed by atoms with van der Waals surface area (Å²) >= 11 is 12.2. The third-order valence-corrected chi connectivity index (χ3v) is 5.82. The highest BCUT2D eigenvalue weighted by atomic mass is 35.5. The van der Waals surface area contributed by atoms with Crippen molar-refractivity contribution in [3.05, 3.63) is 99.1 Å². The predicted octanol–water partition coefficient (Wildman–Crippen LogP) is 6.11. The van der Waals surface area contributed by atoms with Crippen LogP contribution >= 0.6 is 23.2 Å². The van der Waals surface area contributed by atoms with Crippen LogP contribution in [0.5, 0.6) is 0 Å². The van der Waals surface area contributed by atoms with Crippen molar-refractivity contribution in [1.29, 1.82) is 0 Å². The second-order valence-electron chi connectivity index (χ2n) is 9.44. The number of rotatable bonds is 9. The molecular weight excluding hydrogens is 515 g/mol. The number of aliphatic hydroxyl groups is 1. The third-order valence-electron chi connectivity index (χ3n) is 5.31. The number of carboxylic acid groups (broad SMARTS) is 2. The molecule has 0 saturated carbocycles. The highest BCUT2D eigenvalue weighted by Crippen LogP contribution is 2.37. The maximum atomic E-state index is 12.0. The molecule has 198 valence electrons. The summed E-state index contributed by atoms with van der Waals surface area (Å²) in [4.78, 5) is 27.5. The fraction of sp³-hybridized carbons (Fsp3) is 0.321. The maximum Gasteiger partial charge on any atom is 0.328 e. The Morgan fingerprint density at radius 1 is 0.838 bits per heavy atom. The lowest BCUT2D eigenvalue weighted by atomic mass is 9.85. The van der Waals surface area contributed by atoms with Crippen molar-refractivity contribution in [2.24, 2.45) is 11.8 Å². The Morgan fingerprint density at radius 2 is 1.24 bits per heavy atom. The number of imidazole rings is 1. The van der Waals surface area contributed by atoms with Gasteiger partial charge in [-0.15, -0.1) is 0 Å². The second-order valence-corrected chi connectivity index (χ2v) is 10.3. The molecule has 0 aliphatic carbocycles. The third kappa shape index (κ3) is 8.74. The molecule has 0 radical (unpaired) electrons. The van der Waals surface area contributed by atoms with E-state index >= 15 is 0 Å². The van der Waals surface area contributed by atoms with Crippen molar-refractivity contribution < 1.29 is 24.9 Å². The van der Waals surface area contributed by atoms with Crippen molar-refractivity contribution in [3.63, 3.8) is 0 Å². The topological polar surface area (TPSA) is 124 Å². The van der Waals surface area contributed by atoms with Crippen LogP contribution in [0.1, 0.15) is 56.0 Å². The van der Waals surface area contributed by atoms with Crippen LogP contribution < -0.4 is 0 Å². The molecule has 2 aromatic carbocycles. The molecule has 4 N–H and O–H groups in total. The predicted molar refractivity (Wildman–Crippen MR) is 145 cm³/mol. The van der Waals surface area contributed by atoms with E-state index in [4.69, 9.17) is 38.4 Å². The van der Waals surface area contributed by atoms with Crippen molar-refractivity contribution >= 4 is 35.1 Å². The SMILES string of the molecule is CC(C)Cc1nc(C(O)(c2ccc(Cl)cc2)c2ccc(Cl)cc2)[nH]c1CC(C)C.O=C(O)/C=C\C(=O)O. The number of hydrogen-bond acceptors (Lipinski definition) is 4. The zero-order valence-corrected chi connectivity index (χ0v) is 22.7. The van der Waals surface area contributed by atoms with Crippen LogP contribution in [0.2, 0.25) is 10.0 Å². The summed E-state index contributed by atoms with van der Waals surface area (Å²) in [7, 11) is 0. The number of benzene rings is 2. The lowest BCUT2D eigenvalue weighted by molar-refractivity contribution is -0.134. The Morgan fingerprint density at radius 3 is 1.59 bits per heavy atom. The van der Waals surface area contributed by atoms with Gasteiger partial charge in [0.25, 0.3) is 0 Å². The van der Waals surface area contributed by atoms with Crippen LogP contribution in [-0.2, 0) is 28.0 Å². The van der Waals surface area contributed by atoms with Crippen LogP contribution in [0.15, 0.2) is 60.7 Å². The maximum absolute atomic E-state index is 12.0. The summed E-state index contributed by atoms with van der Waals surface area (Å²) in [6.07, 6.45) is 2.85. The number of aliphatic carboxylic acids is 2. The first-order valence-electron chi connectivity index (χ1n) is 11.8. The van der Waals surface area contributed by atoms with Gasteiger partial charge in [0.15, 0.2) is 5.60 Å². The Hall–Kier alpha value is -3.13. The molecule has 3 rings (SSSR count). The van der Waals surface area contributed by atoms with Crippen molar-refractivity contribution in [1.82, 2.24) is 9.97 Å². The lowest BCUT2D eigenvalue weighted by Crippen LogP contribution is -2.30. The highest BCUT2D eigenvalue weighted by molar-refractivity contribution is 6.30.